The number of hydrogen-bond acceptors (Lipinski definition) is 2. The van der Waals surface area contributed by atoms with E-state index in [-0.39, 0.29) is 16.7 Å². The van der Waals surface area contributed by atoms with E-state index >= 15 is 0 Å². The molecule has 0 saturated heterocycles. The highest BCUT2D eigenvalue weighted by Crippen LogP contribution is 2.40. The van der Waals surface area contributed by atoms with Crippen LogP contribution in [0.25, 0.3) is 0 Å². The van der Waals surface area contributed by atoms with Crippen LogP contribution in [0, 0.1) is 10.8 Å². The van der Waals surface area contributed by atoms with Crippen LogP contribution in [0.4, 0.5) is 0 Å². The Kier molecular flexibility index (Phi) is 5.75. The highest BCUT2D eigenvalue weighted by Gasteiger charge is 2.22. The lowest BCUT2D eigenvalue weighted by molar-refractivity contribution is 0.390. The fourth-order valence-corrected chi connectivity index (χ4v) is 3.52. The van der Waals surface area contributed by atoms with Crippen molar-refractivity contribution < 1.29 is 10.2 Å². The quantitative estimate of drug-likeness (QED) is 0.664. The largest absolute Gasteiger partial charge is 0.507 e. The van der Waals surface area contributed by atoms with Crippen molar-refractivity contribution in [2.75, 3.05) is 0 Å². The zero-order valence-corrected chi connectivity index (χ0v) is 17.4. The summed E-state index contributed by atoms with van der Waals surface area (Å²) in [6, 6.07) is 11.9. The van der Waals surface area contributed by atoms with Gasteiger partial charge in [-0.3, -0.25) is 0 Å². The van der Waals surface area contributed by atoms with Crippen LogP contribution < -0.4 is 0 Å². The van der Waals surface area contributed by atoms with E-state index in [1.165, 1.54) is 0 Å². The van der Waals surface area contributed by atoms with Gasteiger partial charge in [0.1, 0.15) is 11.5 Å². The second-order valence-corrected chi connectivity index (χ2v) is 9.91. The minimum atomic E-state index is -0.0742. The number of benzene rings is 2. The van der Waals surface area contributed by atoms with Gasteiger partial charge in [-0.1, -0.05) is 84.9 Å². The van der Waals surface area contributed by atoms with E-state index < -0.39 is 0 Å². The van der Waals surface area contributed by atoms with Crippen LogP contribution in [0.2, 0.25) is 0 Å². The molecule has 26 heavy (non-hydrogen) atoms. The predicted molar refractivity (Wildman–Crippen MR) is 110 cm³/mol. The second kappa shape index (κ2) is 7.34. The zero-order chi connectivity index (χ0) is 19.7. The summed E-state index contributed by atoms with van der Waals surface area (Å²) in [5, 5.41) is 21.7. The molecule has 0 spiro atoms. The minimum absolute atomic E-state index is 0.0742. The zero-order valence-electron chi connectivity index (χ0n) is 17.4. The maximum atomic E-state index is 10.8. The molecule has 2 N–H and O–H groups in total. The Balaban J connectivity index is 2.42. The van der Waals surface area contributed by atoms with Gasteiger partial charge in [-0.05, 0) is 34.8 Å². The molecule has 0 aliphatic heterocycles. The molecular weight excluding hydrogens is 320 g/mol. The molecule has 2 heteroatoms. The van der Waals surface area contributed by atoms with E-state index in [1.54, 1.807) is 0 Å². The van der Waals surface area contributed by atoms with E-state index in [0.717, 1.165) is 35.1 Å². The van der Waals surface area contributed by atoms with E-state index in [2.05, 4.69) is 41.5 Å². The average molecular weight is 355 g/mol. The van der Waals surface area contributed by atoms with Gasteiger partial charge in [0, 0.05) is 17.0 Å². The van der Waals surface area contributed by atoms with E-state index in [0.29, 0.717) is 11.5 Å². The van der Waals surface area contributed by atoms with Crippen LogP contribution in [-0.2, 0) is 12.8 Å². The molecule has 0 aromatic heterocycles. The molecule has 2 rings (SSSR count). The third-order valence-electron chi connectivity index (χ3n) is 4.68. The maximum absolute atomic E-state index is 10.8. The van der Waals surface area contributed by atoms with Crippen molar-refractivity contribution in [1.82, 2.24) is 0 Å². The maximum Gasteiger partial charge on any atom is 0.122 e. The van der Waals surface area contributed by atoms with Gasteiger partial charge < -0.3 is 10.2 Å². The van der Waals surface area contributed by atoms with Crippen LogP contribution >= 0.6 is 0 Å². The topological polar surface area (TPSA) is 40.5 Å². The van der Waals surface area contributed by atoms with Gasteiger partial charge >= 0.3 is 0 Å². The fraction of sp³-hybridized carbons (Fsp3) is 0.500. The van der Waals surface area contributed by atoms with Gasteiger partial charge in [0.05, 0.1) is 0 Å². The summed E-state index contributed by atoms with van der Waals surface area (Å²) < 4.78 is 0. The first-order valence-electron chi connectivity index (χ1n) is 9.50. The summed E-state index contributed by atoms with van der Waals surface area (Å²) in [4.78, 5) is 0. The number of phenols is 2. The van der Waals surface area contributed by atoms with Gasteiger partial charge in [-0.25, -0.2) is 0 Å². The summed E-state index contributed by atoms with van der Waals surface area (Å²) in [6.45, 7) is 15.1. The summed E-state index contributed by atoms with van der Waals surface area (Å²) in [7, 11) is 0. The van der Waals surface area contributed by atoms with Crippen molar-refractivity contribution in [2.45, 2.75) is 67.2 Å². The Morgan fingerprint density at radius 2 is 1.04 bits per heavy atom. The monoisotopic (exact) mass is 354 g/mol. The lowest BCUT2D eigenvalue weighted by Gasteiger charge is -2.23. The Labute approximate surface area is 158 Å². The second-order valence-electron chi connectivity index (χ2n) is 9.91. The molecule has 0 atom stereocenters. The Bertz CT molecular complexity index is 695. The van der Waals surface area contributed by atoms with Crippen molar-refractivity contribution in [2.24, 2.45) is 10.8 Å². The highest BCUT2D eigenvalue weighted by atomic mass is 16.3. The molecule has 0 fully saturated rings. The van der Waals surface area contributed by atoms with Crippen molar-refractivity contribution in [3.8, 4) is 11.5 Å². The number of phenolic OH excluding ortho intramolecular Hbond substituents is 2. The SMILES string of the molecule is CC(c1cccc(CC(C)(C)C)c1O)c1cccc(CC(C)(C)C)c1O. The molecule has 2 aromatic carbocycles. The van der Waals surface area contributed by atoms with Gasteiger partial charge in [-0.2, -0.15) is 0 Å². The smallest absolute Gasteiger partial charge is 0.122 e. The number of para-hydroxylation sites is 2. The molecule has 0 heterocycles. The molecule has 2 aromatic rings. The first-order valence-corrected chi connectivity index (χ1v) is 9.50. The van der Waals surface area contributed by atoms with Gasteiger partial charge in [0.25, 0.3) is 0 Å². The number of rotatable bonds is 4. The Hall–Kier alpha value is -1.96. The number of hydrogen-bond donors (Lipinski definition) is 2. The summed E-state index contributed by atoms with van der Waals surface area (Å²) in [5.41, 5.74) is 3.88. The first-order chi connectivity index (χ1) is 11.9. The van der Waals surface area contributed by atoms with Gasteiger partial charge in [-0.15, -0.1) is 0 Å². The molecule has 0 unspecified atom stereocenters. The third-order valence-corrected chi connectivity index (χ3v) is 4.68. The summed E-state index contributed by atoms with van der Waals surface area (Å²) in [5.74, 6) is 0.640. The number of aromatic hydroxyl groups is 2. The molecule has 0 aliphatic rings. The first kappa shape index (κ1) is 20.4. The third kappa shape index (κ3) is 5.03. The van der Waals surface area contributed by atoms with Crippen molar-refractivity contribution >= 4 is 0 Å². The van der Waals surface area contributed by atoms with Gasteiger partial charge in [0.15, 0.2) is 0 Å². The van der Waals surface area contributed by atoms with Crippen LogP contribution in [-0.4, -0.2) is 10.2 Å². The molecule has 0 saturated carbocycles. The highest BCUT2D eigenvalue weighted by molar-refractivity contribution is 5.51. The van der Waals surface area contributed by atoms with Crippen molar-refractivity contribution in [3.05, 3.63) is 58.7 Å². The summed E-state index contributed by atoms with van der Waals surface area (Å²) in [6.07, 6.45) is 1.63. The van der Waals surface area contributed by atoms with Crippen LogP contribution in [0.3, 0.4) is 0 Å². The van der Waals surface area contributed by atoms with Crippen LogP contribution in [0.1, 0.15) is 76.6 Å². The fourth-order valence-electron chi connectivity index (χ4n) is 3.52. The molecule has 0 radical (unpaired) electrons. The van der Waals surface area contributed by atoms with E-state index in [9.17, 15) is 10.2 Å². The predicted octanol–water partition coefficient (Wildman–Crippen LogP) is 6.43. The molecule has 0 aliphatic carbocycles. The minimum Gasteiger partial charge on any atom is -0.507 e. The normalized spacial score (nSPS) is 12.6. The van der Waals surface area contributed by atoms with Crippen molar-refractivity contribution in [3.63, 3.8) is 0 Å². The molecular formula is C24H34O2. The molecule has 0 amide bonds. The molecule has 142 valence electrons. The van der Waals surface area contributed by atoms with Crippen LogP contribution in [0.15, 0.2) is 36.4 Å². The van der Waals surface area contributed by atoms with Gasteiger partial charge in [0.2, 0.25) is 0 Å². The molecule has 0 bridgehead atoms. The molecule has 2 nitrogen and oxygen atoms in total. The van der Waals surface area contributed by atoms with E-state index in [1.807, 2.05) is 43.3 Å². The Morgan fingerprint density at radius 3 is 1.35 bits per heavy atom. The van der Waals surface area contributed by atoms with Crippen molar-refractivity contribution in [1.29, 1.82) is 0 Å². The lowest BCUT2D eigenvalue weighted by Crippen LogP contribution is -2.11. The van der Waals surface area contributed by atoms with Crippen LogP contribution in [0.5, 0.6) is 11.5 Å². The Morgan fingerprint density at radius 1 is 0.692 bits per heavy atom. The van der Waals surface area contributed by atoms with E-state index in [4.69, 9.17) is 0 Å². The lowest BCUT2D eigenvalue weighted by atomic mass is 9.83. The standard InChI is InChI=1S/C24H34O2/c1-16(19-12-8-10-17(21(19)25)14-23(2,3)4)20-13-9-11-18(22(20)26)15-24(5,6)7/h8-13,16,25-26H,14-15H2,1-7H3. The summed E-state index contributed by atoms with van der Waals surface area (Å²) >= 11 is 0. The average Bonchev–Trinajstić information content (AvgIpc) is 2.48.